The summed E-state index contributed by atoms with van der Waals surface area (Å²) in [6.45, 7) is 3.58. The van der Waals surface area contributed by atoms with E-state index in [2.05, 4.69) is 5.32 Å². The molecule has 0 radical (unpaired) electrons. The molecule has 1 fully saturated rings. The number of carbonyl (C=O) groups excluding carboxylic acids is 1. The molecule has 0 amide bonds. The lowest BCUT2D eigenvalue weighted by Crippen LogP contribution is -2.14. The molecular formula is C6H12ClNO. The van der Waals surface area contributed by atoms with Crippen molar-refractivity contribution < 1.29 is 4.79 Å². The van der Waals surface area contributed by atoms with E-state index in [1.807, 2.05) is 0 Å². The van der Waals surface area contributed by atoms with Crippen molar-refractivity contribution in [2.75, 3.05) is 13.1 Å². The third-order valence-electron chi connectivity index (χ3n) is 1.64. The number of rotatable bonds is 1. The number of nitrogens with one attached hydrogen (secondary N) is 1. The van der Waals surface area contributed by atoms with Gasteiger partial charge in [0.15, 0.2) is 0 Å². The van der Waals surface area contributed by atoms with Gasteiger partial charge in [-0.05, 0) is 19.9 Å². The summed E-state index contributed by atoms with van der Waals surface area (Å²) in [6, 6.07) is 0. The van der Waals surface area contributed by atoms with E-state index in [9.17, 15) is 4.79 Å². The largest absolute Gasteiger partial charge is 0.316 e. The Hall–Kier alpha value is -0.0800. The Morgan fingerprint density at radius 1 is 1.67 bits per heavy atom. The molecule has 1 saturated heterocycles. The van der Waals surface area contributed by atoms with Gasteiger partial charge in [-0.3, -0.25) is 4.79 Å². The first-order chi connectivity index (χ1) is 3.80. The molecule has 1 heterocycles. The minimum atomic E-state index is 0. The summed E-state index contributed by atoms with van der Waals surface area (Å²) in [7, 11) is 0. The van der Waals surface area contributed by atoms with Crippen LogP contribution in [0.4, 0.5) is 0 Å². The van der Waals surface area contributed by atoms with Crippen LogP contribution in [0.25, 0.3) is 0 Å². The Balaban J connectivity index is 0.000000640. The van der Waals surface area contributed by atoms with Crippen molar-refractivity contribution in [3.63, 3.8) is 0 Å². The molecule has 1 aliphatic heterocycles. The zero-order valence-electron chi connectivity index (χ0n) is 5.52. The van der Waals surface area contributed by atoms with Crippen LogP contribution in [0.5, 0.6) is 0 Å². The standard InChI is InChI=1S/C6H11NO.ClH/c1-5(8)6-2-3-7-4-6;/h6-7H,2-4H2,1H3;1H. The summed E-state index contributed by atoms with van der Waals surface area (Å²) in [5, 5.41) is 3.13. The van der Waals surface area contributed by atoms with Crippen LogP contribution in [0.15, 0.2) is 0 Å². The normalized spacial score (nSPS) is 25.2. The van der Waals surface area contributed by atoms with E-state index in [1.165, 1.54) is 0 Å². The number of carbonyl (C=O) groups is 1. The Kier molecular flexibility index (Phi) is 3.82. The van der Waals surface area contributed by atoms with E-state index < -0.39 is 0 Å². The lowest BCUT2D eigenvalue weighted by atomic mass is 10.1. The predicted molar refractivity (Wildman–Crippen MR) is 38.9 cm³/mol. The van der Waals surface area contributed by atoms with Crippen molar-refractivity contribution in [3.05, 3.63) is 0 Å². The fraction of sp³-hybridized carbons (Fsp3) is 0.833. The van der Waals surface area contributed by atoms with E-state index in [0.29, 0.717) is 11.7 Å². The summed E-state index contributed by atoms with van der Waals surface area (Å²) >= 11 is 0. The summed E-state index contributed by atoms with van der Waals surface area (Å²) < 4.78 is 0. The highest BCUT2D eigenvalue weighted by Crippen LogP contribution is 2.06. The zero-order valence-corrected chi connectivity index (χ0v) is 6.33. The molecule has 54 valence electrons. The first-order valence-electron chi connectivity index (χ1n) is 3.02. The van der Waals surface area contributed by atoms with Gasteiger partial charge < -0.3 is 5.32 Å². The van der Waals surface area contributed by atoms with Crippen molar-refractivity contribution in [2.45, 2.75) is 13.3 Å². The number of hydrogen-bond donors (Lipinski definition) is 1. The van der Waals surface area contributed by atoms with Gasteiger partial charge in [-0.2, -0.15) is 0 Å². The van der Waals surface area contributed by atoms with Crippen LogP contribution in [0.1, 0.15) is 13.3 Å². The van der Waals surface area contributed by atoms with E-state index in [0.717, 1.165) is 19.5 Å². The predicted octanol–water partition coefficient (Wildman–Crippen LogP) is 0.607. The first kappa shape index (κ1) is 8.92. The number of hydrogen-bond acceptors (Lipinski definition) is 2. The third kappa shape index (κ3) is 2.33. The third-order valence-corrected chi connectivity index (χ3v) is 1.64. The van der Waals surface area contributed by atoms with Gasteiger partial charge in [0.2, 0.25) is 0 Å². The molecule has 1 unspecified atom stereocenters. The first-order valence-corrected chi connectivity index (χ1v) is 3.02. The second-order valence-corrected chi connectivity index (χ2v) is 2.30. The lowest BCUT2D eigenvalue weighted by molar-refractivity contribution is -0.120. The summed E-state index contributed by atoms with van der Waals surface area (Å²) in [5.41, 5.74) is 0. The smallest absolute Gasteiger partial charge is 0.134 e. The van der Waals surface area contributed by atoms with Crippen LogP contribution >= 0.6 is 12.4 Å². The molecule has 0 aromatic rings. The second-order valence-electron chi connectivity index (χ2n) is 2.30. The van der Waals surface area contributed by atoms with E-state index in [-0.39, 0.29) is 12.4 Å². The highest BCUT2D eigenvalue weighted by Gasteiger charge is 2.17. The number of ketones is 1. The van der Waals surface area contributed by atoms with Gasteiger partial charge in [0.25, 0.3) is 0 Å². The molecule has 2 nitrogen and oxygen atoms in total. The summed E-state index contributed by atoms with van der Waals surface area (Å²) in [5.74, 6) is 0.644. The minimum Gasteiger partial charge on any atom is -0.316 e. The molecule has 0 aliphatic carbocycles. The van der Waals surface area contributed by atoms with Crippen molar-refractivity contribution in [1.29, 1.82) is 0 Å². The maximum atomic E-state index is 10.6. The molecule has 0 aromatic carbocycles. The van der Waals surface area contributed by atoms with Crippen LogP contribution in [-0.4, -0.2) is 18.9 Å². The van der Waals surface area contributed by atoms with E-state index in [1.54, 1.807) is 6.92 Å². The average Bonchev–Trinajstić information content (AvgIpc) is 2.12. The van der Waals surface area contributed by atoms with E-state index in [4.69, 9.17) is 0 Å². The fourth-order valence-electron chi connectivity index (χ4n) is 1.00. The molecule has 1 N–H and O–H groups in total. The van der Waals surface area contributed by atoms with Gasteiger partial charge in [0, 0.05) is 12.5 Å². The molecule has 1 aliphatic rings. The van der Waals surface area contributed by atoms with Gasteiger partial charge in [-0.15, -0.1) is 12.4 Å². The number of halogens is 1. The van der Waals surface area contributed by atoms with Crippen LogP contribution in [0, 0.1) is 5.92 Å². The Morgan fingerprint density at radius 2 is 2.33 bits per heavy atom. The van der Waals surface area contributed by atoms with Gasteiger partial charge >= 0.3 is 0 Å². The molecular weight excluding hydrogens is 138 g/mol. The molecule has 1 rings (SSSR count). The van der Waals surface area contributed by atoms with Crippen LogP contribution in [-0.2, 0) is 4.79 Å². The minimum absolute atomic E-state index is 0. The molecule has 0 aromatic heterocycles. The lowest BCUT2D eigenvalue weighted by Gasteiger charge is -1.98. The van der Waals surface area contributed by atoms with Crippen LogP contribution in [0.3, 0.4) is 0 Å². The summed E-state index contributed by atoms with van der Waals surface area (Å²) in [6.07, 6.45) is 1.04. The molecule has 9 heavy (non-hydrogen) atoms. The molecule has 0 spiro atoms. The highest BCUT2D eigenvalue weighted by molar-refractivity contribution is 5.85. The monoisotopic (exact) mass is 149 g/mol. The maximum absolute atomic E-state index is 10.6. The average molecular weight is 150 g/mol. The zero-order chi connectivity index (χ0) is 5.98. The molecule has 0 saturated carbocycles. The molecule has 1 atom stereocenters. The van der Waals surface area contributed by atoms with Crippen molar-refractivity contribution in [1.82, 2.24) is 5.32 Å². The van der Waals surface area contributed by atoms with E-state index >= 15 is 0 Å². The Labute approximate surface area is 61.4 Å². The fourth-order valence-corrected chi connectivity index (χ4v) is 1.00. The quantitative estimate of drug-likeness (QED) is 0.592. The highest BCUT2D eigenvalue weighted by atomic mass is 35.5. The van der Waals surface area contributed by atoms with Crippen LogP contribution < -0.4 is 5.32 Å². The van der Waals surface area contributed by atoms with Crippen LogP contribution in [0.2, 0.25) is 0 Å². The second kappa shape index (κ2) is 3.85. The topological polar surface area (TPSA) is 29.1 Å². The molecule has 0 bridgehead atoms. The van der Waals surface area contributed by atoms with Crippen molar-refractivity contribution in [2.24, 2.45) is 5.92 Å². The maximum Gasteiger partial charge on any atom is 0.134 e. The van der Waals surface area contributed by atoms with Gasteiger partial charge in [0.05, 0.1) is 0 Å². The van der Waals surface area contributed by atoms with Gasteiger partial charge in [-0.25, -0.2) is 0 Å². The summed E-state index contributed by atoms with van der Waals surface area (Å²) in [4.78, 5) is 10.6. The SMILES string of the molecule is CC(=O)C1CCNC1.Cl. The molecule has 3 heteroatoms. The number of Topliss-reactive ketones (excluding diaryl/α,β-unsaturated/α-hetero) is 1. The van der Waals surface area contributed by atoms with Crippen molar-refractivity contribution in [3.8, 4) is 0 Å². The van der Waals surface area contributed by atoms with Gasteiger partial charge in [0.1, 0.15) is 5.78 Å². The Morgan fingerprint density at radius 3 is 2.56 bits per heavy atom. The van der Waals surface area contributed by atoms with Gasteiger partial charge in [-0.1, -0.05) is 0 Å². The van der Waals surface area contributed by atoms with Crippen molar-refractivity contribution >= 4 is 18.2 Å². The Bertz CT molecular complexity index is 99.2.